The molecule has 2 aromatic rings. The van der Waals surface area contributed by atoms with E-state index in [0.717, 1.165) is 17.7 Å². The van der Waals surface area contributed by atoms with E-state index in [1.807, 2.05) is 24.3 Å². The number of H-pyrrole nitrogens is 1. The first kappa shape index (κ1) is 18.9. The summed E-state index contributed by atoms with van der Waals surface area (Å²) in [4.78, 5) is 15.5. The van der Waals surface area contributed by atoms with Gasteiger partial charge in [-0.2, -0.15) is 0 Å². The van der Waals surface area contributed by atoms with Gasteiger partial charge in [0.1, 0.15) is 0 Å². The number of aromatic amines is 1. The quantitative estimate of drug-likeness (QED) is 0.854. The summed E-state index contributed by atoms with van der Waals surface area (Å²) >= 11 is 0. The van der Waals surface area contributed by atoms with Crippen molar-refractivity contribution in [2.75, 3.05) is 6.26 Å². The predicted octanol–water partition coefficient (Wildman–Crippen LogP) is 4.19. The Balaban J connectivity index is 1.96. The number of nitrogens with one attached hydrogen (secondary N) is 1. The summed E-state index contributed by atoms with van der Waals surface area (Å²) in [5.41, 5.74) is 2.63. The highest BCUT2D eigenvalue weighted by atomic mass is 32.2. The van der Waals surface area contributed by atoms with Crippen molar-refractivity contribution in [2.24, 2.45) is 5.92 Å². The Labute approximate surface area is 155 Å². The average molecular weight is 374 g/mol. The van der Waals surface area contributed by atoms with Crippen LogP contribution in [0, 0.1) is 12.8 Å². The van der Waals surface area contributed by atoms with Crippen molar-refractivity contribution < 1.29 is 8.42 Å². The van der Waals surface area contributed by atoms with Crippen LogP contribution in [-0.2, 0) is 9.84 Å². The van der Waals surface area contributed by atoms with Gasteiger partial charge in [0.15, 0.2) is 9.84 Å². The van der Waals surface area contributed by atoms with Crippen LogP contribution in [0.2, 0.25) is 0 Å². The minimum absolute atomic E-state index is 0.0519. The molecule has 0 spiro atoms. The zero-order valence-electron chi connectivity index (χ0n) is 15.5. The standard InChI is InChI=1S/C21H27NO3S/c1-15-8-13-20(22-21(15)23)19(14-16-6-4-3-5-7-16)17-9-11-18(12-10-17)26(2,24)25/h8-13,16,19H,3-7,14H2,1-2H3,(H,22,23). The number of aromatic nitrogens is 1. The maximum atomic E-state index is 12.1. The highest BCUT2D eigenvalue weighted by molar-refractivity contribution is 7.90. The summed E-state index contributed by atoms with van der Waals surface area (Å²) in [6.45, 7) is 1.81. The third-order valence-corrected chi connectivity index (χ3v) is 6.64. The summed E-state index contributed by atoms with van der Waals surface area (Å²) < 4.78 is 23.5. The van der Waals surface area contributed by atoms with Gasteiger partial charge >= 0.3 is 0 Å². The van der Waals surface area contributed by atoms with E-state index >= 15 is 0 Å². The van der Waals surface area contributed by atoms with Gasteiger partial charge in [-0.3, -0.25) is 4.79 Å². The Morgan fingerprint density at radius 3 is 2.27 bits per heavy atom. The molecule has 0 aliphatic heterocycles. The van der Waals surface area contributed by atoms with Gasteiger partial charge in [-0.05, 0) is 43.0 Å². The SMILES string of the molecule is Cc1ccc(C(CC2CCCCC2)c2ccc(S(C)(=O)=O)cc2)[nH]c1=O. The van der Waals surface area contributed by atoms with E-state index in [2.05, 4.69) is 4.98 Å². The van der Waals surface area contributed by atoms with E-state index in [1.54, 1.807) is 19.1 Å². The Bertz CT molecular complexity index is 907. The molecule has 1 aromatic carbocycles. The summed E-state index contributed by atoms with van der Waals surface area (Å²) in [6.07, 6.45) is 8.52. The molecular weight excluding hydrogens is 346 g/mol. The lowest BCUT2D eigenvalue weighted by atomic mass is 9.79. The smallest absolute Gasteiger partial charge is 0.251 e. The number of rotatable bonds is 5. The van der Waals surface area contributed by atoms with Crippen LogP contribution in [0.1, 0.15) is 61.3 Å². The average Bonchev–Trinajstić information content (AvgIpc) is 2.62. The molecule has 0 radical (unpaired) electrons. The molecule has 140 valence electrons. The molecule has 3 rings (SSSR count). The Hall–Kier alpha value is -1.88. The van der Waals surface area contributed by atoms with Gasteiger partial charge in [-0.1, -0.05) is 50.3 Å². The summed E-state index contributed by atoms with van der Waals surface area (Å²) in [7, 11) is -3.21. The molecule has 1 heterocycles. The lowest BCUT2D eigenvalue weighted by Crippen LogP contribution is -2.18. The lowest BCUT2D eigenvalue weighted by molar-refractivity contribution is 0.326. The number of pyridine rings is 1. The van der Waals surface area contributed by atoms with E-state index in [4.69, 9.17) is 0 Å². The van der Waals surface area contributed by atoms with Crippen LogP contribution in [0.25, 0.3) is 0 Å². The second kappa shape index (κ2) is 7.78. The van der Waals surface area contributed by atoms with Crippen molar-refractivity contribution in [2.45, 2.75) is 56.3 Å². The number of aryl methyl sites for hydroxylation is 1. The minimum Gasteiger partial charge on any atom is -0.325 e. The molecule has 1 aromatic heterocycles. The maximum absolute atomic E-state index is 12.1. The van der Waals surface area contributed by atoms with Gasteiger partial charge in [-0.15, -0.1) is 0 Å². The van der Waals surface area contributed by atoms with Crippen LogP contribution < -0.4 is 5.56 Å². The Kier molecular flexibility index (Phi) is 5.66. The van der Waals surface area contributed by atoms with Crippen LogP contribution in [0.3, 0.4) is 0 Å². The third-order valence-electron chi connectivity index (χ3n) is 5.51. The molecular formula is C21H27NO3S. The van der Waals surface area contributed by atoms with Crippen LogP contribution in [0.15, 0.2) is 46.1 Å². The highest BCUT2D eigenvalue weighted by Gasteiger charge is 2.23. The summed E-state index contributed by atoms with van der Waals surface area (Å²) in [5, 5.41) is 0. The number of hydrogen-bond donors (Lipinski definition) is 1. The Morgan fingerprint density at radius 1 is 1.04 bits per heavy atom. The molecule has 1 atom stereocenters. The van der Waals surface area contributed by atoms with Crippen LogP contribution >= 0.6 is 0 Å². The van der Waals surface area contributed by atoms with Gasteiger partial charge < -0.3 is 4.98 Å². The molecule has 0 amide bonds. The molecule has 1 aliphatic rings. The fraction of sp³-hybridized carbons (Fsp3) is 0.476. The molecule has 1 aliphatic carbocycles. The zero-order chi connectivity index (χ0) is 18.7. The van der Waals surface area contributed by atoms with Gasteiger partial charge in [0.2, 0.25) is 0 Å². The van der Waals surface area contributed by atoms with Crippen LogP contribution in [-0.4, -0.2) is 19.7 Å². The fourth-order valence-corrected chi connectivity index (χ4v) is 4.54. The minimum atomic E-state index is -3.21. The topological polar surface area (TPSA) is 67.0 Å². The van der Waals surface area contributed by atoms with Crippen molar-refractivity contribution in [3.63, 3.8) is 0 Å². The second-order valence-corrected chi connectivity index (χ2v) is 9.58. The Morgan fingerprint density at radius 2 is 1.69 bits per heavy atom. The zero-order valence-corrected chi connectivity index (χ0v) is 16.3. The number of benzene rings is 1. The maximum Gasteiger partial charge on any atom is 0.251 e. The third kappa shape index (κ3) is 4.44. The monoisotopic (exact) mass is 373 g/mol. The molecule has 5 heteroatoms. The first-order valence-electron chi connectivity index (χ1n) is 9.34. The second-order valence-electron chi connectivity index (χ2n) is 7.56. The molecule has 1 fully saturated rings. The molecule has 1 N–H and O–H groups in total. The van der Waals surface area contributed by atoms with Gasteiger partial charge in [0, 0.05) is 23.4 Å². The van der Waals surface area contributed by atoms with Crippen molar-refractivity contribution in [3.05, 3.63) is 63.6 Å². The van der Waals surface area contributed by atoms with E-state index < -0.39 is 9.84 Å². The molecule has 0 bridgehead atoms. The first-order chi connectivity index (χ1) is 12.3. The molecule has 1 saturated carbocycles. The molecule has 26 heavy (non-hydrogen) atoms. The fourth-order valence-electron chi connectivity index (χ4n) is 3.91. The van der Waals surface area contributed by atoms with Gasteiger partial charge in [-0.25, -0.2) is 8.42 Å². The first-order valence-corrected chi connectivity index (χ1v) is 11.2. The number of hydrogen-bond acceptors (Lipinski definition) is 3. The summed E-state index contributed by atoms with van der Waals surface area (Å²) in [6, 6.07) is 11.0. The molecule has 0 saturated heterocycles. The van der Waals surface area contributed by atoms with Crippen molar-refractivity contribution in [1.29, 1.82) is 0 Å². The van der Waals surface area contributed by atoms with Crippen LogP contribution in [0.4, 0.5) is 0 Å². The predicted molar refractivity (Wildman–Crippen MR) is 104 cm³/mol. The van der Waals surface area contributed by atoms with Crippen LogP contribution in [0.5, 0.6) is 0 Å². The number of sulfone groups is 1. The lowest BCUT2D eigenvalue weighted by Gasteiger charge is -2.27. The van der Waals surface area contributed by atoms with Crippen molar-refractivity contribution in [1.82, 2.24) is 4.98 Å². The normalized spacial score (nSPS) is 17.2. The van der Waals surface area contributed by atoms with Gasteiger partial charge in [0.25, 0.3) is 5.56 Å². The van der Waals surface area contributed by atoms with E-state index in [-0.39, 0.29) is 11.5 Å². The largest absolute Gasteiger partial charge is 0.325 e. The highest BCUT2D eigenvalue weighted by Crippen LogP contribution is 2.36. The summed E-state index contributed by atoms with van der Waals surface area (Å²) in [5.74, 6) is 0.730. The van der Waals surface area contributed by atoms with Crippen molar-refractivity contribution >= 4 is 9.84 Å². The van der Waals surface area contributed by atoms with E-state index in [0.29, 0.717) is 16.4 Å². The molecule has 4 nitrogen and oxygen atoms in total. The van der Waals surface area contributed by atoms with Crippen molar-refractivity contribution in [3.8, 4) is 0 Å². The van der Waals surface area contributed by atoms with E-state index in [1.165, 1.54) is 38.4 Å². The molecule has 1 unspecified atom stereocenters. The van der Waals surface area contributed by atoms with E-state index in [9.17, 15) is 13.2 Å². The van der Waals surface area contributed by atoms with Gasteiger partial charge in [0.05, 0.1) is 4.90 Å².